The van der Waals surface area contributed by atoms with Crippen molar-refractivity contribution in [3.8, 4) is 5.75 Å². The van der Waals surface area contributed by atoms with Crippen molar-refractivity contribution in [2.45, 2.75) is 52.9 Å². The van der Waals surface area contributed by atoms with Crippen LogP contribution in [0.25, 0.3) is 0 Å². The number of benzene rings is 1. The summed E-state index contributed by atoms with van der Waals surface area (Å²) in [7, 11) is 0. The Morgan fingerprint density at radius 2 is 1.78 bits per heavy atom. The Kier molecular flexibility index (Phi) is 6.48. The number of carbonyl (C=O) groups excluding carboxylic acids is 1. The molecular formula is C16H23O2. The molecule has 0 aliphatic carbocycles. The molecule has 0 bridgehead atoms. The van der Waals surface area contributed by atoms with Crippen LogP contribution in [0.3, 0.4) is 0 Å². The highest BCUT2D eigenvalue weighted by Gasteiger charge is 2.05. The Morgan fingerprint density at radius 1 is 1.11 bits per heavy atom. The molecule has 2 heteroatoms. The van der Waals surface area contributed by atoms with E-state index >= 15 is 0 Å². The summed E-state index contributed by atoms with van der Waals surface area (Å²) in [5, 5.41) is 0. The van der Waals surface area contributed by atoms with Crippen molar-refractivity contribution >= 4 is 5.97 Å². The van der Waals surface area contributed by atoms with Gasteiger partial charge >= 0.3 is 5.97 Å². The molecule has 1 aromatic carbocycles. The van der Waals surface area contributed by atoms with Gasteiger partial charge in [-0.05, 0) is 36.5 Å². The molecule has 0 heterocycles. The summed E-state index contributed by atoms with van der Waals surface area (Å²) in [6, 6.07) is 7.77. The highest BCUT2D eigenvalue weighted by Crippen LogP contribution is 2.16. The Hall–Kier alpha value is -1.31. The van der Waals surface area contributed by atoms with E-state index in [2.05, 4.69) is 20.8 Å². The fourth-order valence-corrected chi connectivity index (χ4v) is 1.79. The van der Waals surface area contributed by atoms with Crippen molar-refractivity contribution in [3.63, 3.8) is 0 Å². The molecule has 0 aliphatic heterocycles. The largest absolute Gasteiger partial charge is 0.427 e. The van der Waals surface area contributed by atoms with Crippen molar-refractivity contribution < 1.29 is 9.53 Å². The first-order valence-corrected chi connectivity index (χ1v) is 6.70. The van der Waals surface area contributed by atoms with Gasteiger partial charge in [0.2, 0.25) is 0 Å². The minimum absolute atomic E-state index is 0.130. The van der Waals surface area contributed by atoms with Crippen LogP contribution < -0.4 is 4.74 Å². The minimum atomic E-state index is -0.130. The van der Waals surface area contributed by atoms with Gasteiger partial charge in [0.1, 0.15) is 5.75 Å². The summed E-state index contributed by atoms with van der Waals surface area (Å²) in [5.41, 5.74) is 1.25. The molecule has 0 saturated heterocycles. The van der Waals surface area contributed by atoms with Gasteiger partial charge in [-0.2, -0.15) is 0 Å². The summed E-state index contributed by atoms with van der Waals surface area (Å²) in [6.45, 7) is 6.35. The Morgan fingerprint density at radius 3 is 2.33 bits per heavy atom. The number of rotatable bonds is 7. The zero-order valence-corrected chi connectivity index (χ0v) is 11.7. The van der Waals surface area contributed by atoms with Gasteiger partial charge in [-0.15, -0.1) is 0 Å². The van der Waals surface area contributed by atoms with E-state index in [1.807, 2.05) is 24.3 Å². The molecule has 18 heavy (non-hydrogen) atoms. The number of hydrogen-bond donors (Lipinski definition) is 0. The lowest BCUT2D eigenvalue weighted by atomic mass is 10.0. The fourth-order valence-electron chi connectivity index (χ4n) is 1.79. The van der Waals surface area contributed by atoms with E-state index in [1.54, 1.807) is 0 Å². The van der Waals surface area contributed by atoms with E-state index in [1.165, 1.54) is 11.5 Å². The van der Waals surface area contributed by atoms with E-state index in [0.29, 0.717) is 12.2 Å². The molecule has 0 saturated carbocycles. The third-order valence-electron chi connectivity index (χ3n) is 2.70. The van der Waals surface area contributed by atoms with Crippen LogP contribution in [0.2, 0.25) is 0 Å². The van der Waals surface area contributed by atoms with Gasteiger partial charge in [-0.25, -0.2) is 0 Å². The van der Waals surface area contributed by atoms with Crippen LogP contribution in [0.5, 0.6) is 5.75 Å². The zero-order valence-electron chi connectivity index (χ0n) is 11.7. The standard InChI is InChI=1S/C16H23O2/c1-4-5-6-7-16(17)18-15-10-8-14(9-11-15)12-13(2)3/h8-11H,4-7,12H2,1-3H3. The first-order chi connectivity index (χ1) is 8.61. The highest BCUT2D eigenvalue weighted by atomic mass is 16.5. The smallest absolute Gasteiger partial charge is 0.311 e. The molecule has 2 nitrogen and oxygen atoms in total. The molecule has 0 unspecified atom stereocenters. The molecule has 0 aromatic heterocycles. The second kappa shape index (κ2) is 7.91. The Bertz CT molecular complexity index is 352. The number of hydrogen-bond acceptors (Lipinski definition) is 2. The van der Waals surface area contributed by atoms with E-state index in [0.717, 1.165) is 25.7 Å². The van der Waals surface area contributed by atoms with E-state index < -0.39 is 0 Å². The maximum atomic E-state index is 11.5. The average molecular weight is 247 g/mol. The normalized spacial score (nSPS) is 10.7. The molecule has 0 spiro atoms. The molecule has 1 rings (SSSR count). The van der Waals surface area contributed by atoms with E-state index in [-0.39, 0.29) is 5.97 Å². The number of carbonyl (C=O) groups is 1. The quantitative estimate of drug-likeness (QED) is 0.407. The maximum absolute atomic E-state index is 11.5. The molecular weight excluding hydrogens is 224 g/mol. The molecule has 0 N–H and O–H groups in total. The van der Waals surface area contributed by atoms with Crippen LogP contribution in [-0.4, -0.2) is 5.97 Å². The SMILES string of the molecule is CCCCCC(=O)Oc1ccc(C[C](C)C)cc1. The summed E-state index contributed by atoms with van der Waals surface area (Å²) in [5.74, 6) is 1.89. The Labute approximate surface area is 110 Å². The van der Waals surface area contributed by atoms with Crippen LogP contribution in [0.4, 0.5) is 0 Å². The summed E-state index contributed by atoms with van der Waals surface area (Å²) >= 11 is 0. The lowest BCUT2D eigenvalue weighted by Gasteiger charge is -2.07. The third kappa shape index (κ3) is 5.85. The van der Waals surface area contributed by atoms with Gasteiger partial charge in [0.05, 0.1) is 0 Å². The molecule has 1 radical (unpaired) electrons. The van der Waals surface area contributed by atoms with Gasteiger partial charge < -0.3 is 4.74 Å². The lowest BCUT2D eigenvalue weighted by molar-refractivity contribution is -0.134. The minimum Gasteiger partial charge on any atom is -0.427 e. The third-order valence-corrected chi connectivity index (χ3v) is 2.70. The number of unbranched alkanes of at least 4 members (excludes halogenated alkanes) is 2. The van der Waals surface area contributed by atoms with Gasteiger partial charge in [-0.3, -0.25) is 4.79 Å². The molecule has 0 fully saturated rings. The van der Waals surface area contributed by atoms with Crippen molar-refractivity contribution in [1.29, 1.82) is 0 Å². The second-order valence-corrected chi connectivity index (χ2v) is 4.96. The molecule has 0 aliphatic rings. The van der Waals surface area contributed by atoms with Crippen LogP contribution in [0, 0.1) is 5.92 Å². The first-order valence-electron chi connectivity index (χ1n) is 6.70. The fraction of sp³-hybridized carbons (Fsp3) is 0.500. The topological polar surface area (TPSA) is 26.3 Å². The van der Waals surface area contributed by atoms with Crippen molar-refractivity contribution in [2.24, 2.45) is 0 Å². The van der Waals surface area contributed by atoms with Crippen molar-refractivity contribution in [2.75, 3.05) is 0 Å². The van der Waals surface area contributed by atoms with E-state index in [9.17, 15) is 4.79 Å². The van der Waals surface area contributed by atoms with Gasteiger partial charge in [0.15, 0.2) is 0 Å². The molecule has 0 amide bonds. The average Bonchev–Trinajstić information content (AvgIpc) is 2.31. The van der Waals surface area contributed by atoms with Crippen LogP contribution in [-0.2, 0) is 11.2 Å². The Balaban J connectivity index is 2.40. The van der Waals surface area contributed by atoms with Crippen molar-refractivity contribution in [1.82, 2.24) is 0 Å². The predicted molar refractivity (Wildman–Crippen MR) is 74.5 cm³/mol. The maximum Gasteiger partial charge on any atom is 0.311 e. The van der Waals surface area contributed by atoms with Crippen LogP contribution in [0.15, 0.2) is 24.3 Å². The highest BCUT2D eigenvalue weighted by molar-refractivity contribution is 5.72. The zero-order chi connectivity index (χ0) is 13.4. The van der Waals surface area contributed by atoms with Crippen LogP contribution >= 0.6 is 0 Å². The number of ether oxygens (including phenoxy) is 1. The summed E-state index contributed by atoms with van der Waals surface area (Å²) in [6.07, 6.45) is 4.61. The lowest BCUT2D eigenvalue weighted by Crippen LogP contribution is -2.07. The van der Waals surface area contributed by atoms with Crippen molar-refractivity contribution in [3.05, 3.63) is 35.7 Å². The van der Waals surface area contributed by atoms with Gasteiger partial charge in [0, 0.05) is 6.42 Å². The van der Waals surface area contributed by atoms with Gasteiger partial charge in [0.25, 0.3) is 0 Å². The summed E-state index contributed by atoms with van der Waals surface area (Å²) < 4.78 is 5.28. The molecule has 1 aromatic rings. The molecule has 99 valence electrons. The summed E-state index contributed by atoms with van der Waals surface area (Å²) in [4.78, 5) is 11.5. The first kappa shape index (κ1) is 14.7. The van der Waals surface area contributed by atoms with Gasteiger partial charge in [-0.1, -0.05) is 45.7 Å². The second-order valence-electron chi connectivity index (χ2n) is 4.96. The number of esters is 1. The molecule has 0 atom stereocenters. The monoisotopic (exact) mass is 247 g/mol. The van der Waals surface area contributed by atoms with E-state index in [4.69, 9.17) is 4.74 Å². The van der Waals surface area contributed by atoms with Crippen LogP contribution in [0.1, 0.15) is 52.0 Å². The predicted octanol–water partition coefficient (Wildman–Crippen LogP) is 4.33.